The lowest BCUT2D eigenvalue weighted by Crippen LogP contribution is -2.37. The summed E-state index contributed by atoms with van der Waals surface area (Å²) in [6.45, 7) is 3.35. The van der Waals surface area contributed by atoms with E-state index in [9.17, 15) is 19.8 Å². The highest BCUT2D eigenvalue weighted by Gasteiger charge is 2.44. The molecule has 1 aliphatic rings. The highest BCUT2D eigenvalue weighted by molar-refractivity contribution is 4.93. The van der Waals surface area contributed by atoms with Crippen LogP contribution in [-0.2, 0) is 9.47 Å². The molecule has 0 aliphatic carbocycles. The van der Waals surface area contributed by atoms with Gasteiger partial charge in [-0.1, -0.05) is 6.58 Å². The molecule has 0 radical (unpaired) electrons. The van der Waals surface area contributed by atoms with E-state index in [-0.39, 0.29) is 6.61 Å². The zero-order valence-electron chi connectivity index (χ0n) is 9.93. The molecule has 1 unspecified atom stereocenters. The van der Waals surface area contributed by atoms with Crippen LogP contribution in [0.15, 0.2) is 34.7 Å². The molecule has 1 fully saturated rings. The molecule has 1 aliphatic heterocycles. The summed E-state index contributed by atoms with van der Waals surface area (Å²) in [5.41, 5.74) is -1.28. The number of H-pyrrole nitrogens is 1. The van der Waals surface area contributed by atoms with E-state index in [2.05, 4.69) is 6.58 Å². The van der Waals surface area contributed by atoms with Gasteiger partial charge in [0.25, 0.3) is 5.56 Å². The third-order valence-corrected chi connectivity index (χ3v) is 2.84. The summed E-state index contributed by atoms with van der Waals surface area (Å²) < 4.78 is 11.3. The molecule has 1 aromatic heterocycles. The van der Waals surface area contributed by atoms with Crippen LogP contribution in [0.25, 0.3) is 0 Å². The summed E-state index contributed by atoms with van der Waals surface area (Å²) in [7, 11) is 0. The van der Waals surface area contributed by atoms with Crippen LogP contribution in [0.1, 0.15) is 6.23 Å². The smallest absolute Gasteiger partial charge is 0.330 e. The molecule has 4 atom stereocenters. The van der Waals surface area contributed by atoms with Crippen LogP contribution in [0.4, 0.5) is 0 Å². The van der Waals surface area contributed by atoms with Crippen molar-refractivity contribution in [1.29, 1.82) is 0 Å². The zero-order chi connectivity index (χ0) is 14.0. The third kappa shape index (κ3) is 2.60. The SMILES string of the molecule is C=COC[C@H]1OC(n2ccc(=O)[nH]c2=O)[C@@H](O)[C@@H]1O. The Balaban J connectivity index is 2.23. The van der Waals surface area contributed by atoms with Gasteiger partial charge in [-0.05, 0) is 0 Å². The molecule has 0 amide bonds. The molecule has 2 rings (SSSR count). The fourth-order valence-corrected chi connectivity index (χ4v) is 1.89. The van der Waals surface area contributed by atoms with Crippen LogP contribution in [0, 0.1) is 0 Å². The zero-order valence-corrected chi connectivity index (χ0v) is 9.93. The van der Waals surface area contributed by atoms with E-state index in [1.807, 2.05) is 4.98 Å². The Labute approximate surface area is 107 Å². The van der Waals surface area contributed by atoms with E-state index in [1.165, 1.54) is 12.5 Å². The standard InChI is InChI=1S/C11H14N2O6/c1-2-18-5-6-8(15)9(16)10(19-6)13-4-3-7(14)12-11(13)17/h2-4,6,8-10,15-16H,1,5H2,(H,12,14,17)/t6-,8-,9+,10?/m1/s1. The van der Waals surface area contributed by atoms with Gasteiger partial charge in [0.1, 0.15) is 24.9 Å². The maximum atomic E-state index is 11.6. The van der Waals surface area contributed by atoms with Crippen LogP contribution in [0.3, 0.4) is 0 Å². The van der Waals surface area contributed by atoms with Gasteiger partial charge in [0.2, 0.25) is 0 Å². The van der Waals surface area contributed by atoms with Crippen molar-refractivity contribution in [2.24, 2.45) is 0 Å². The van der Waals surface area contributed by atoms with Gasteiger partial charge in [-0.3, -0.25) is 14.3 Å². The summed E-state index contributed by atoms with van der Waals surface area (Å²) in [5.74, 6) is 0. The minimum atomic E-state index is -1.30. The van der Waals surface area contributed by atoms with E-state index in [1.54, 1.807) is 0 Å². The second kappa shape index (κ2) is 5.39. The summed E-state index contributed by atoms with van der Waals surface area (Å²) in [5, 5.41) is 19.7. The fraction of sp³-hybridized carbons (Fsp3) is 0.455. The van der Waals surface area contributed by atoms with Gasteiger partial charge in [-0.25, -0.2) is 4.79 Å². The predicted octanol–water partition coefficient (Wildman–Crippen LogP) is -1.68. The molecule has 8 nitrogen and oxygen atoms in total. The number of aliphatic hydroxyl groups is 2. The monoisotopic (exact) mass is 270 g/mol. The first-order valence-electron chi connectivity index (χ1n) is 5.60. The molecule has 0 spiro atoms. The number of rotatable bonds is 4. The van der Waals surface area contributed by atoms with E-state index in [0.717, 1.165) is 10.6 Å². The molecule has 8 heteroatoms. The maximum Gasteiger partial charge on any atom is 0.330 e. The summed E-state index contributed by atoms with van der Waals surface area (Å²) in [4.78, 5) is 24.6. The van der Waals surface area contributed by atoms with E-state index < -0.39 is 35.8 Å². The van der Waals surface area contributed by atoms with Crippen molar-refractivity contribution in [2.75, 3.05) is 6.61 Å². The topological polar surface area (TPSA) is 114 Å². The van der Waals surface area contributed by atoms with E-state index >= 15 is 0 Å². The molecule has 3 N–H and O–H groups in total. The van der Waals surface area contributed by atoms with Crippen molar-refractivity contribution < 1.29 is 19.7 Å². The van der Waals surface area contributed by atoms with Gasteiger partial charge in [0.05, 0.1) is 6.26 Å². The second-order valence-electron chi connectivity index (χ2n) is 4.06. The lowest BCUT2D eigenvalue weighted by molar-refractivity contribution is -0.0568. The fourth-order valence-electron chi connectivity index (χ4n) is 1.89. The first-order valence-corrected chi connectivity index (χ1v) is 5.60. The van der Waals surface area contributed by atoms with Gasteiger partial charge in [-0.2, -0.15) is 0 Å². The van der Waals surface area contributed by atoms with Crippen molar-refractivity contribution in [1.82, 2.24) is 9.55 Å². The normalized spacial score (nSPS) is 30.2. The van der Waals surface area contributed by atoms with Gasteiger partial charge in [0, 0.05) is 12.3 Å². The Bertz CT molecular complexity index is 565. The van der Waals surface area contributed by atoms with E-state index in [0.29, 0.717) is 0 Å². The average Bonchev–Trinajstić information content (AvgIpc) is 2.64. The summed E-state index contributed by atoms with van der Waals surface area (Å²) in [6.07, 6.45) is -2.01. The Kier molecular flexibility index (Phi) is 3.84. The van der Waals surface area contributed by atoms with Gasteiger partial charge < -0.3 is 19.7 Å². The number of nitrogens with one attached hydrogen (secondary N) is 1. The average molecular weight is 270 g/mol. The lowest BCUT2D eigenvalue weighted by atomic mass is 10.1. The largest absolute Gasteiger partial charge is 0.499 e. The quantitative estimate of drug-likeness (QED) is 0.563. The number of hydrogen-bond acceptors (Lipinski definition) is 6. The van der Waals surface area contributed by atoms with Crippen LogP contribution < -0.4 is 11.2 Å². The number of aliphatic hydroxyl groups excluding tert-OH is 2. The predicted molar refractivity (Wildman–Crippen MR) is 63.4 cm³/mol. The number of ether oxygens (including phenoxy) is 2. The maximum absolute atomic E-state index is 11.6. The van der Waals surface area contributed by atoms with Gasteiger partial charge >= 0.3 is 5.69 Å². The number of aromatic amines is 1. The molecule has 0 bridgehead atoms. The molecule has 1 aromatic rings. The van der Waals surface area contributed by atoms with Crippen molar-refractivity contribution in [3.8, 4) is 0 Å². The van der Waals surface area contributed by atoms with Gasteiger partial charge in [-0.15, -0.1) is 0 Å². The molecule has 19 heavy (non-hydrogen) atoms. The Hall–Kier alpha value is -1.90. The van der Waals surface area contributed by atoms with Crippen molar-refractivity contribution >= 4 is 0 Å². The highest BCUT2D eigenvalue weighted by atomic mass is 16.6. The minimum Gasteiger partial charge on any atom is -0.499 e. The van der Waals surface area contributed by atoms with Crippen molar-refractivity contribution in [3.05, 3.63) is 45.9 Å². The van der Waals surface area contributed by atoms with Gasteiger partial charge in [0.15, 0.2) is 6.23 Å². The molecule has 104 valence electrons. The Morgan fingerprint density at radius 1 is 1.47 bits per heavy atom. The van der Waals surface area contributed by atoms with Crippen LogP contribution in [0.5, 0.6) is 0 Å². The van der Waals surface area contributed by atoms with Crippen molar-refractivity contribution in [3.63, 3.8) is 0 Å². The van der Waals surface area contributed by atoms with Crippen LogP contribution in [0.2, 0.25) is 0 Å². The highest BCUT2D eigenvalue weighted by Crippen LogP contribution is 2.28. The van der Waals surface area contributed by atoms with Crippen LogP contribution in [-0.4, -0.2) is 44.7 Å². The third-order valence-electron chi connectivity index (χ3n) is 2.84. The van der Waals surface area contributed by atoms with Crippen molar-refractivity contribution in [2.45, 2.75) is 24.5 Å². The number of nitrogens with zero attached hydrogens (tertiary/aromatic N) is 1. The first kappa shape index (κ1) is 13.5. The number of aromatic nitrogens is 2. The molecular formula is C11H14N2O6. The lowest BCUT2D eigenvalue weighted by Gasteiger charge is -2.16. The second-order valence-corrected chi connectivity index (χ2v) is 4.06. The first-order chi connectivity index (χ1) is 9.04. The number of hydrogen-bond donors (Lipinski definition) is 3. The summed E-state index contributed by atoms with van der Waals surface area (Å²) >= 11 is 0. The molecule has 2 heterocycles. The molecule has 0 saturated carbocycles. The summed E-state index contributed by atoms with van der Waals surface area (Å²) in [6, 6.07) is 1.12. The van der Waals surface area contributed by atoms with Crippen LogP contribution >= 0.6 is 0 Å². The molecular weight excluding hydrogens is 256 g/mol. The molecule has 0 aromatic carbocycles. The molecule has 1 saturated heterocycles. The Morgan fingerprint density at radius 2 is 2.21 bits per heavy atom. The Morgan fingerprint density at radius 3 is 2.84 bits per heavy atom. The minimum absolute atomic E-state index is 0.00364. The van der Waals surface area contributed by atoms with E-state index in [4.69, 9.17) is 9.47 Å².